The molecular weight excluding hydrogens is 180 g/mol. The van der Waals surface area contributed by atoms with E-state index in [-0.39, 0.29) is 6.61 Å². The lowest BCUT2D eigenvalue weighted by Crippen LogP contribution is -2.14. The van der Waals surface area contributed by atoms with Gasteiger partial charge >= 0.3 is 0 Å². The Hall–Kier alpha value is -1.59. The zero-order valence-corrected chi connectivity index (χ0v) is 7.64. The number of rotatable bonds is 3. The summed E-state index contributed by atoms with van der Waals surface area (Å²) >= 11 is 0. The van der Waals surface area contributed by atoms with Crippen molar-refractivity contribution >= 4 is 17.0 Å². The number of anilines is 1. The van der Waals surface area contributed by atoms with Crippen LogP contribution in [0.3, 0.4) is 0 Å². The first-order valence-electron chi connectivity index (χ1n) is 4.39. The van der Waals surface area contributed by atoms with Gasteiger partial charge in [-0.05, 0) is 12.1 Å². The monoisotopic (exact) mass is 192 g/mol. The molecule has 2 rings (SSSR count). The van der Waals surface area contributed by atoms with Crippen molar-refractivity contribution in [3.8, 4) is 0 Å². The summed E-state index contributed by atoms with van der Waals surface area (Å²) in [7, 11) is 0. The van der Waals surface area contributed by atoms with Crippen molar-refractivity contribution in [2.24, 2.45) is 5.84 Å². The van der Waals surface area contributed by atoms with Gasteiger partial charge in [-0.15, -0.1) is 0 Å². The predicted molar refractivity (Wildman–Crippen MR) is 54.6 cm³/mol. The minimum atomic E-state index is 0.0645. The number of benzene rings is 1. The molecule has 5 heteroatoms. The van der Waals surface area contributed by atoms with Gasteiger partial charge in [0.05, 0.1) is 17.6 Å². The number of aliphatic hydroxyl groups is 1. The van der Waals surface area contributed by atoms with Gasteiger partial charge in [-0.2, -0.15) is 0 Å². The first kappa shape index (κ1) is 8.98. The molecule has 0 atom stereocenters. The Labute approximate surface area is 81.1 Å². The van der Waals surface area contributed by atoms with Crippen LogP contribution in [-0.2, 0) is 6.54 Å². The van der Waals surface area contributed by atoms with Gasteiger partial charge in [-0.3, -0.25) is 5.43 Å². The van der Waals surface area contributed by atoms with Crippen molar-refractivity contribution in [3.05, 3.63) is 24.3 Å². The summed E-state index contributed by atoms with van der Waals surface area (Å²) < 4.78 is 1.84. The third-order valence-corrected chi connectivity index (χ3v) is 2.11. The maximum absolute atomic E-state index is 8.90. The van der Waals surface area contributed by atoms with Crippen molar-refractivity contribution in [2.75, 3.05) is 12.0 Å². The van der Waals surface area contributed by atoms with E-state index < -0.39 is 0 Å². The van der Waals surface area contributed by atoms with E-state index in [1.807, 2.05) is 28.8 Å². The number of aromatic nitrogens is 2. The van der Waals surface area contributed by atoms with E-state index in [9.17, 15) is 0 Å². The number of nitrogens with one attached hydrogen (secondary N) is 1. The van der Waals surface area contributed by atoms with Crippen LogP contribution in [0.15, 0.2) is 24.3 Å². The molecule has 1 heterocycles. The lowest BCUT2D eigenvalue weighted by molar-refractivity contribution is 0.278. The first-order valence-corrected chi connectivity index (χ1v) is 4.39. The highest BCUT2D eigenvalue weighted by atomic mass is 16.3. The summed E-state index contributed by atoms with van der Waals surface area (Å²) in [6.45, 7) is 0.551. The molecule has 74 valence electrons. The van der Waals surface area contributed by atoms with E-state index >= 15 is 0 Å². The van der Waals surface area contributed by atoms with Crippen molar-refractivity contribution in [1.82, 2.24) is 9.55 Å². The second kappa shape index (κ2) is 3.65. The fraction of sp³-hybridized carbons (Fsp3) is 0.222. The first-order chi connectivity index (χ1) is 6.86. The topological polar surface area (TPSA) is 76.1 Å². The summed E-state index contributed by atoms with van der Waals surface area (Å²) in [5.41, 5.74) is 4.35. The summed E-state index contributed by atoms with van der Waals surface area (Å²) in [6.07, 6.45) is 0. The molecule has 0 spiro atoms. The van der Waals surface area contributed by atoms with Crippen LogP contribution in [-0.4, -0.2) is 21.3 Å². The smallest absolute Gasteiger partial charge is 0.218 e. The standard InChI is InChI=1S/C9H12N4O/c10-12-9-11-7-3-1-2-4-8(7)13(9)5-6-14/h1-4,14H,5-6,10H2,(H,11,12). The Morgan fingerprint density at radius 1 is 1.43 bits per heavy atom. The van der Waals surface area contributed by atoms with E-state index in [0.717, 1.165) is 11.0 Å². The van der Waals surface area contributed by atoms with Gasteiger partial charge in [0.25, 0.3) is 0 Å². The number of nitrogen functional groups attached to an aromatic ring is 1. The highest BCUT2D eigenvalue weighted by Gasteiger charge is 2.07. The number of imidazole rings is 1. The van der Waals surface area contributed by atoms with Crippen LogP contribution in [0.1, 0.15) is 0 Å². The zero-order valence-electron chi connectivity index (χ0n) is 7.64. The molecule has 0 fully saturated rings. The normalized spacial score (nSPS) is 10.7. The molecule has 2 aromatic rings. The fourth-order valence-electron chi connectivity index (χ4n) is 1.51. The minimum Gasteiger partial charge on any atom is -0.395 e. The number of hydrogen-bond donors (Lipinski definition) is 3. The maximum atomic E-state index is 8.90. The van der Waals surface area contributed by atoms with E-state index in [2.05, 4.69) is 10.4 Å². The molecule has 0 radical (unpaired) electrons. The van der Waals surface area contributed by atoms with Crippen LogP contribution in [0.5, 0.6) is 0 Å². The van der Waals surface area contributed by atoms with Crippen LogP contribution < -0.4 is 11.3 Å². The number of nitrogens with two attached hydrogens (primary N) is 1. The lowest BCUT2D eigenvalue weighted by atomic mass is 10.3. The second-order valence-electron chi connectivity index (χ2n) is 2.94. The van der Waals surface area contributed by atoms with Crippen LogP contribution >= 0.6 is 0 Å². The number of fused-ring (bicyclic) bond motifs is 1. The van der Waals surface area contributed by atoms with Crippen molar-refractivity contribution in [1.29, 1.82) is 0 Å². The number of nitrogens with zero attached hydrogens (tertiary/aromatic N) is 2. The Kier molecular flexibility index (Phi) is 2.34. The van der Waals surface area contributed by atoms with Crippen molar-refractivity contribution in [3.63, 3.8) is 0 Å². The zero-order chi connectivity index (χ0) is 9.97. The van der Waals surface area contributed by atoms with Gasteiger partial charge in [-0.1, -0.05) is 12.1 Å². The van der Waals surface area contributed by atoms with Gasteiger partial charge in [0, 0.05) is 6.54 Å². The molecule has 0 unspecified atom stereocenters. The van der Waals surface area contributed by atoms with Crippen molar-refractivity contribution in [2.45, 2.75) is 6.54 Å². The van der Waals surface area contributed by atoms with Gasteiger partial charge in [0.2, 0.25) is 5.95 Å². The lowest BCUT2D eigenvalue weighted by Gasteiger charge is -2.05. The summed E-state index contributed by atoms with van der Waals surface area (Å²) in [6, 6.07) is 7.69. The number of para-hydroxylation sites is 2. The van der Waals surface area contributed by atoms with Crippen molar-refractivity contribution < 1.29 is 5.11 Å². The molecule has 14 heavy (non-hydrogen) atoms. The summed E-state index contributed by atoms with van der Waals surface area (Å²) in [4.78, 5) is 4.27. The minimum absolute atomic E-state index is 0.0645. The van der Waals surface area contributed by atoms with Crippen LogP contribution in [0, 0.1) is 0 Å². The molecule has 0 aliphatic rings. The third kappa shape index (κ3) is 1.32. The quantitative estimate of drug-likeness (QED) is 0.483. The summed E-state index contributed by atoms with van der Waals surface area (Å²) in [5, 5.41) is 8.90. The molecule has 0 bridgehead atoms. The highest BCUT2D eigenvalue weighted by molar-refractivity contribution is 5.78. The fourth-order valence-corrected chi connectivity index (χ4v) is 1.51. The van der Waals surface area contributed by atoms with Gasteiger partial charge < -0.3 is 9.67 Å². The average molecular weight is 192 g/mol. The SMILES string of the molecule is NNc1nc2ccccc2n1CCO. The molecular formula is C9H12N4O. The molecule has 0 saturated heterocycles. The maximum Gasteiger partial charge on any atom is 0.218 e. The van der Waals surface area contributed by atoms with E-state index in [0.29, 0.717) is 12.5 Å². The molecule has 0 aliphatic heterocycles. The van der Waals surface area contributed by atoms with Gasteiger partial charge in [0.15, 0.2) is 0 Å². The van der Waals surface area contributed by atoms with E-state index in [1.165, 1.54) is 0 Å². The van der Waals surface area contributed by atoms with E-state index in [1.54, 1.807) is 0 Å². The van der Waals surface area contributed by atoms with Crippen LogP contribution in [0.25, 0.3) is 11.0 Å². The number of hydrogen-bond acceptors (Lipinski definition) is 4. The Morgan fingerprint density at radius 3 is 2.93 bits per heavy atom. The molecule has 5 nitrogen and oxygen atoms in total. The molecule has 0 amide bonds. The average Bonchev–Trinajstić information content (AvgIpc) is 2.58. The number of hydrazine groups is 1. The van der Waals surface area contributed by atoms with Crippen LogP contribution in [0.4, 0.5) is 5.95 Å². The summed E-state index contributed by atoms with van der Waals surface area (Å²) in [5.74, 6) is 5.90. The highest BCUT2D eigenvalue weighted by Crippen LogP contribution is 2.18. The van der Waals surface area contributed by atoms with Gasteiger partial charge in [0.1, 0.15) is 0 Å². The van der Waals surface area contributed by atoms with Gasteiger partial charge in [-0.25, -0.2) is 10.8 Å². The molecule has 0 aliphatic carbocycles. The second-order valence-corrected chi connectivity index (χ2v) is 2.94. The Balaban J connectivity index is 2.61. The predicted octanol–water partition coefficient (Wildman–Crippen LogP) is 0.314. The molecule has 1 aromatic carbocycles. The molecule has 4 N–H and O–H groups in total. The molecule has 0 saturated carbocycles. The Morgan fingerprint density at radius 2 is 2.21 bits per heavy atom. The third-order valence-electron chi connectivity index (χ3n) is 2.11. The number of aliphatic hydroxyl groups excluding tert-OH is 1. The van der Waals surface area contributed by atoms with E-state index in [4.69, 9.17) is 10.9 Å². The van der Waals surface area contributed by atoms with Crippen LogP contribution in [0.2, 0.25) is 0 Å². The molecule has 1 aromatic heterocycles. The Bertz CT molecular complexity index is 437. The largest absolute Gasteiger partial charge is 0.395 e.